The standard InChI is InChI=1S/C14H19ClFN3O3S.ClH/c1-8-9(2)19(5-4-17-8)23(21,22)14-6-11(15)13(7-12(14)16)18-10(3)20;/h6-9,17H,4-5H2,1-3H3,(H,18,20);1H. The van der Waals surface area contributed by atoms with Gasteiger partial charge in [0, 0.05) is 38.2 Å². The molecule has 0 bridgehead atoms. The molecule has 1 aromatic rings. The van der Waals surface area contributed by atoms with E-state index in [-0.39, 0.29) is 41.7 Å². The normalized spacial score (nSPS) is 21.9. The molecule has 1 heterocycles. The molecular formula is C14H20Cl2FN3O3S. The second-order valence-corrected chi connectivity index (χ2v) is 7.81. The number of halogens is 3. The van der Waals surface area contributed by atoms with E-state index in [2.05, 4.69) is 10.6 Å². The van der Waals surface area contributed by atoms with Gasteiger partial charge in [-0.05, 0) is 19.9 Å². The summed E-state index contributed by atoms with van der Waals surface area (Å²) in [5.41, 5.74) is 0.0392. The van der Waals surface area contributed by atoms with Crippen LogP contribution in [-0.4, -0.2) is 43.8 Å². The van der Waals surface area contributed by atoms with Crippen LogP contribution in [0.3, 0.4) is 0 Å². The SMILES string of the molecule is CC(=O)Nc1cc(F)c(S(=O)(=O)N2CCNC(C)C2C)cc1Cl.Cl. The van der Waals surface area contributed by atoms with E-state index >= 15 is 0 Å². The molecule has 1 saturated heterocycles. The van der Waals surface area contributed by atoms with Crippen molar-refractivity contribution in [3.05, 3.63) is 23.0 Å². The third-order valence-electron chi connectivity index (χ3n) is 3.90. The Labute approximate surface area is 152 Å². The summed E-state index contributed by atoms with van der Waals surface area (Å²) in [4.78, 5) is 10.6. The lowest BCUT2D eigenvalue weighted by atomic mass is 10.1. The second-order valence-electron chi connectivity index (χ2n) is 5.54. The van der Waals surface area contributed by atoms with Crippen LogP contribution in [0.2, 0.25) is 5.02 Å². The van der Waals surface area contributed by atoms with Crippen molar-refractivity contribution < 1.29 is 17.6 Å². The number of hydrogen-bond acceptors (Lipinski definition) is 4. The summed E-state index contributed by atoms with van der Waals surface area (Å²) in [6.07, 6.45) is 0. The molecule has 1 aromatic carbocycles. The Kier molecular flexibility index (Phi) is 7.01. The predicted octanol–water partition coefficient (Wildman–Crippen LogP) is 2.23. The molecular weight excluding hydrogens is 380 g/mol. The van der Waals surface area contributed by atoms with Gasteiger partial charge in [0.25, 0.3) is 0 Å². The first-order chi connectivity index (χ1) is 10.6. The maximum Gasteiger partial charge on any atom is 0.246 e. The summed E-state index contributed by atoms with van der Waals surface area (Å²) >= 11 is 5.98. The van der Waals surface area contributed by atoms with E-state index in [0.717, 1.165) is 12.1 Å². The number of carbonyl (C=O) groups excluding carboxylic acids is 1. The van der Waals surface area contributed by atoms with Gasteiger partial charge < -0.3 is 10.6 Å². The molecule has 10 heteroatoms. The van der Waals surface area contributed by atoms with Crippen LogP contribution in [0.25, 0.3) is 0 Å². The molecule has 1 aliphatic heterocycles. The maximum atomic E-state index is 14.3. The minimum atomic E-state index is -4.02. The maximum absolute atomic E-state index is 14.3. The molecule has 0 saturated carbocycles. The minimum absolute atomic E-state index is 0. The molecule has 2 N–H and O–H groups in total. The van der Waals surface area contributed by atoms with Crippen LogP contribution in [0.4, 0.5) is 10.1 Å². The van der Waals surface area contributed by atoms with Gasteiger partial charge in [-0.25, -0.2) is 12.8 Å². The number of carbonyl (C=O) groups is 1. The first-order valence-electron chi connectivity index (χ1n) is 7.16. The Balaban J connectivity index is 0.00000288. The zero-order valence-corrected chi connectivity index (χ0v) is 15.9. The largest absolute Gasteiger partial charge is 0.325 e. The zero-order valence-electron chi connectivity index (χ0n) is 13.5. The zero-order chi connectivity index (χ0) is 17.4. The van der Waals surface area contributed by atoms with Gasteiger partial charge in [-0.1, -0.05) is 11.6 Å². The number of sulfonamides is 1. The number of benzene rings is 1. The number of rotatable bonds is 3. The molecule has 2 atom stereocenters. The van der Waals surface area contributed by atoms with Crippen molar-refractivity contribution in [1.82, 2.24) is 9.62 Å². The van der Waals surface area contributed by atoms with Crippen LogP contribution in [-0.2, 0) is 14.8 Å². The highest BCUT2D eigenvalue weighted by atomic mass is 35.5. The van der Waals surface area contributed by atoms with Crippen molar-refractivity contribution in [2.75, 3.05) is 18.4 Å². The molecule has 2 unspecified atom stereocenters. The van der Waals surface area contributed by atoms with Crippen molar-refractivity contribution in [2.45, 2.75) is 37.8 Å². The average molecular weight is 400 g/mol. The fraction of sp³-hybridized carbons (Fsp3) is 0.500. The molecule has 136 valence electrons. The molecule has 0 aliphatic carbocycles. The number of anilines is 1. The average Bonchev–Trinajstić information content (AvgIpc) is 2.44. The molecule has 0 radical (unpaired) electrons. The van der Waals surface area contributed by atoms with Gasteiger partial charge in [0.05, 0.1) is 10.7 Å². The fourth-order valence-corrected chi connectivity index (χ4v) is 4.56. The summed E-state index contributed by atoms with van der Waals surface area (Å²) < 4.78 is 41.1. The Hall–Kier alpha value is -0.930. The lowest BCUT2D eigenvalue weighted by molar-refractivity contribution is -0.114. The van der Waals surface area contributed by atoms with Crippen LogP contribution in [0.1, 0.15) is 20.8 Å². The summed E-state index contributed by atoms with van der Waals surface area (Å²) in [5, 5.41) is 5.50. The Bertz CT molecular complexity index is 730. The van der Waals surface area contributed by atoms with E-state index in [9.17, 15) is 17.6 Å². The topological polar surface area (TPSA) is 78.5 Å². The monoisotopic (exact) mass is 399 g/mol. The van der Waals surface area contributed by atoms with Gasteiger partial charge in [-0.3, -0.25) is 4.79 Å². The number of piperazine rings is 1. The van der Waals surface area contributed by atoms with Crippen LogP contribution >= 0.6 is 24.0 Å². The molecule has 6 nitrogen and oxygen atoms in total. The summed E-state index contributed by atoms with van der Waals surface area (Å²) in [6.45, 7) is 5.63. The van der Waals surface area contributed by atoms with Crippen LogP contribution in [0, 0.1) is 5.82 Å². The van der Waals surface area contributed by atoms with Crippen molar-refractivity contribution in [3.8, 4) is 0 Å². The highest BCUT2D eigenvalue weighted by molar-refractivity contribution is 7.89. The Morgan fingerprint density at radius 3 is 2.62 bits per heavy atom. The van der Waals surface area contributed by atoms with Gasteiger partial charge in [0.1, 0.15) is 10.7 Å². The lowest BCUT2D eigenvalue weighted by Gasteiger charge is -2.37. The summed E-state index contributed by atoms with van der Waals surface area (Å²) in [5.74, 6) is -1.37. The molecule has 0 spiro atoms. The summed E-state index contributed by atoms with van der Waals surface area (Å²) in [6, 6.07) is 1.60. The van der Waals surface area contributed by atoms with Crippen molar-refractivity contribution in [3.63, 3.8) is 0 Å². The number of hydrogen-bond donors (Lipinski definition) is 2. The number of nitrogens with zero attached hydrogens (tertiary/aromatic N) is 1. The first-order valence-corrected chi connectivity index (χ1v) is 8.98. The molecule has 0 aromatic heterocycles. The molecule has 1 amide bonds. The third-order valence-corrected chi connectivity index (χ3v) is 6.21. The van der Waals surface area contributed by atoms with Gasteiger partial charge in [-0.2, -0.15) is 4.31 Å². The van der Waals surface area contributed by atoms with Crippen molar-refractivity contribution in [2.24, 2.45) is 0 Å². The molecule has 24 heavy (non-hydrogen) atoms. The predicted molar refractivity (Wildman–Crippen MR) is 93.8 cm³/mol. The van der Waals surface area contributed by atoms with E-state index in [1.807, 2.05) is 6.92 Å². The number of nitrogens with one attached hydrogen (secondary N) is 2. The van der Waals surface area contributed by atoms with Crippen LogP contribution in [0.15, 0.2) is 17.0 Å². The van der Waals surface area contributed by atoms with Gasteiger partial charge in [-0.15, -0.1) is 12.4 Å². The van der Waals surface area contributed by atoms with Gasteiger partial charge >= 0.3 is 0 Å². The fourth-order valence-electron chi connectivity index (χ4n) is 2.50. The van der Waals surface area contributed by atoms with E-state index in [0.29, 0.717) is 6.54 Å². The highest BCUT2D eigenvalue weighted by Gasteiger charge is 2.36. The highest BCUT2D eigenvalue weighted by Crippen LogP contribution is 2.31. The quantitative estimate of drug-likeness (QED) is 0.816. The Morgan fingerprint density at radius 1 is 1.42 bits per heavy atom. The van der Waals surface area contributed by atoms with E-state index < -0.39 is 26.6 Å². The third kappa shape index (κ3) is 4.18. The van der Waals surface area contributed by atoms with Crippen LogP contribution < -0.4 is 10.6 Å². The minimum Gasteiger partial charge on any atom is -0.325 e. The Morgan fingerprint density at radius 2 is 2.04 bits per heavy atom. The van der Waals surface area contributed by atoms with Gasteiger partial charge in [0.15, 0.2) is 0 Å². The molecule has 1 fully saturated rings. The number of amides is 1. The lowest BCUT2D eigenvalue weighted by Crippen LogP contribution is -2.57. The molecule has 1 aliphatic rings. The second kappa shape index (κ2) is 7.97. The van der Waals surface area contributed by atoms with E-state index in [1.54, 1.807) is 6.92 Å². The smallest absolute Gasteiger partial charge is 0.246 e. The first kappa shape index (κ1) is 21.1. The van der Waals surface area contributed by atoms with Gasteiger partial charge in [0.2, 0.25) is 15.9 Å². The van der Waals surface area contributed by atoms with Crippen molar-refractivity contribution in [1.29, 1.82) is 0 Å². The van der Waals surface area contributed by atoms with E-state index in [1.165, 1.54) is 11.2 Å². The van der Waals surface area contributed by atoms with E-state index in [4.69, 9.17) is 11.6 Å². The molecule has 2 rings (SSSR count). The van der Waals surface area contributed by atoms with Crippen molar-refractivity contribution >= 4 is 45.6 Å². The van der Waals surface area contributed by atoms with Crippen LogP contribution in [0.5, 0.6) is 0 Å². The summed E-state index contributed by atoms with van der Waals surface area (Å²) in [7, 11) is -4.02.